The Morgan fingerprint density at radius 1 is 1.60 bits per heavy atom. The fourth-order valence-electron chi connectivity index (χ4n) is 0. The Morgan fingerprint density at radius 2 is 1.80 bits per heavy atom. The van der Waals surface area contributed by atoms with Gasteiger partial charge in [-0.2, -0.15) is 0 Å². The second-order valence-electron chi connectivity index (χ2n) is 0.539. The van der Waals surface area contributed by atoms with Gasteiger partial charge in [0.2, 0.25) is 0 Å². The summed E-state index contributed by atoms with van der Waals surface area (Å²) in [5.74, 6) is 0. The zero-order valence-corrected chi connectivity index (χ0v) is 3.95. The van der Waals surface area contributed by atoms with Crippen molar-refractivity contribution in [1.29, 1.82) is 0 Å². The van der Waals surface area contributed by atoms with Crippen LogP contribution in [-0.4, -0.2) is 13.1 Å². The Bertz CT molecular complexity index is 9.61. The van der Waals surface area contributed by atoms with E-state index in [2.05, 4.69) is 0 Å². The first-order chi connectivity index (χ1) is 1.91. The van der Waals surface area contributed by atoms with Crippen molar-refractivity contribution < 1.29 is 17.1 Å². The van der Waals surface area contributed by atoms with Crippen LogP contribution in [0.15, 0.2) is 0 Å². The maximum absolute atomic E-state index is 6.33. The molecule has 0 aliphatic carbocycles. The van der Waals surface area contributed by atoms with Crippen molar-refractivity contribution >= 4 is 0 Å². The van der Waals surface area contributed by atoms with Gasteiger partial charge in [0.1, 0.15) is 0 Å². The Kier molecular flexibility index (Phi) is 16.0. The van der Waals surface area contributed by atoms with Gasteiger partial charge in [-0.3, -0.25) is 0 Å². The van der Waals surface area contributed by atoms with E-state index < -0.39 is 0 Å². The maximum atomic E-state index is 6.33. The largest absolute Gasteiger partial charge is 0.676 e. The van der Waals surface area contributed by atoms with Crippen molar-refractivity contribution in [1.82, 2.24) is 0 Å². The third-order valence-electron chi connectivity index (χ3n) is 0.144. The molecule has 2 nitrogen and oxygen atoms in total. The second kappa shape index (κ2) is 8.83. The molecule has 0 spiro atoms. The van der Waals surface area contributed by atoms with Crippen LogP contribution in [0.3, 0.4) is 0 Å². The van der Waals surface area contributed by atoms with E-state index in [4.69, 9.17) is 11.5 Å². The summed E-state index contributed by atoms with van der Waals surface area (Å²) in [6.45, 7) is 0.833. The molecule has 5 heavy (non-hydrogen) atoms. The van der Waals surface area contributed by atoms with Crippen LogP contribution >= 0.6 is 0 Å². The van der Waals surface area contributed by atoms with Crippen molar-refractivity contribution in [2.75, 3.05) is 13.1 Å². The smallest absolute Gasteiger partial charge is 0 e. The molecule has 0 saturated heterocycles. The molecule has 0 fully saturated rings. The molecule has 0 radical (unpaired) electrons. The van der Waals surface area contributed by atoms with E-state index >= 15 is 0 Å². The summed E-state index contributed by atoms with van der Waals surface area (Å²) in [6, 6.07) is 0. The van der Waals surface area contributed by atoms with E-state index in [1.807, 2.05) is 0 Å². The number of nitrogens with two attached hydrogens (primary N) is 1. The van der Waals surface area contributed by atoms with E-state index in [-0.39, 0.29) is 17.1 Å². The average Bonchev–Trinajstić information content (AvgIpc) is 1.37. The van der Waals surface area contributed by atoms with Crippen LogP contribution in [0.4, 0.5) is 0 Å². The molecule has 0 rings (SSSR count). The van der Waals surface area contributed by atoms with Crippen LogP contribution in [0.2, 0.25) is 0 Å². The summed E-state index contributed by atoms with van der Waals surface area (Å²) >= 11 is 0. The molecule has 0 amide bonds. The van der Waals surface area contributed by atoms with Crippen molar-refractivity contribution in [3.8, 4) is 0 Å². The van der Waals surface area contributed by atoms with Crippen LogP contribution < -0.4 is 5.73 Å². The number of hydrogen-bond donors (Lipinski definition) is 1. The molecule has 0 aromatic rings. The zero-order valence-electron chi connectivity index (χ0n) is 2.85. The maximum Gasteiger partial charge on any atom is 0 e. The first-order valence-corrected chi connectivity index (χ1v) is 1.26. The molecule has 34 valence electrons. The SMILES string of the molecule is [Fe].[NH-]CCN. The molecule has 0 unspecified atom stereocenters. The molecule has 0 heterocycles. The second-order valence-corrected chi connectivity index (χ2v) is 0.539. The van der Waals surface area contributed by atoms with Crippen LogP contribution in [0.1, 0.15) is 0 Å². The summed E-state index contributed by atoms with van der Waals surface area (Å²) in [5.41, 5.74) is 11.2. The molecule has 0 aliphatic heterocycles. The van der Waals surface area contributed by atoms with Crippen molar-refractivity contribution in [2.24, 2.45) is 5.73 Å². The van der Waals surface area contributed by atoms with Gasteiger partial charge >= 0.3 is 0 Å². The topological polar surface area (TPSA) is 49.8 Å². The van der Waals surface area contributed by atoms with E-state index in [0.717, 1.165) is 0 Å². The van der Waals surface area contributed by atoms with Gasteiger partial charge in [0.15, 0.2) is 0 Å². The fraction of sp³-hybridized carbons (Fsp3) is 1.00. The Hall–Kier alpha value is 0.439. The minimum Gasteiger partial charge on any atom is -0.676 e. The van der Waals surface area contributed by atoms with Gasteiger partial charge in [0, 0.05) is 17.1 Å². The van der Waals surface area contributed by atoms with Gasteiger partial charge < -0.3 is 11.5 Å². The van der Waals surface area contributed by atoms with Crippen LogP contribution in [0.25, 0.3) is 5.73 Å². The monoisotopic (exact) mass is 115 g/mol. The van der Waals surface area contributed by atoms with Gasteiger partial charge in [-0.15, -0.1) is 6.54 Å². The molecule has 0 aromatic heterocycles. The molecule has 0 bridgehead atoms. The summed E-state index contributed by atoms with van der Waals surface area (Å²) < 4.78 is 0. The predicted octanol–water partition coefficient (Wildman–Crippen LogP) is -0.00520. The van der Waals surface area contributed by atoms with Crippen LogP contribution in [-0.2, 0) is 17.1 Å². The predicted molar refractivity (Wildman–Crippen MR) is 18.2 cm³/mol. The molecule has 3 heteroatoms. The molecular formula is C2H7FeN2-. The van der Waals surface area contributed by atoms with E-state index in [1.165, 1.54) is 0 Å². The van der Waals surface area contributed by atoms with Crippen molar-refractivity contribution in [2.45, 2.75) is 0 Å². The minimum absolute atomic E-state index is 0. The Morgan fingerprint density at radius 3 is 1.80 bits per heavy atom. The first-order valence-electron chi connectivity index (χ1n) is 1.26. The summed E-state index contributed by atoms with van der Waals surface area (Å²) in [5, 5.41) is 0. The third-order valence-corrected chi connectivity index (χ3v) is 0.144. The van der Waals surface area contributed by atoms with Crippen molar-refractivity contribution in [3.63, 3.8) is 0 Å². The van der Waals surface area contributed by atoms with E-state index in [1.54, 1.807) is 0 Å². The molecular weight excluding hydrogens is 108 g/mol. The third kappa shape index (κ3) is 12.8. The fourth-order valence-corrected chi connectivity index (χ4v) is 0. The Labute approximate surface area is 42.4 Å². The summed E-state index contributed by atoms with van der Waals surface area (Å²) in [4.78, 5) is 0. The van der Waals surface area contributed by atoms with Gasteiger partial charge in [-0.25, -0.2) is 0 Å². The quantitative estimate of drug-likeness (QED) is 0.480. The zero-order chi connectivity index (χ0) is 3.41. The van der Waals surface area contributed by atoms with Crippen LogP contribution in [0.5, 0.6) is 0 Å². The van der Waals surface area contributed by atoms with E-state index in [9.17, 15) is 0 Å². The van der Waals surface area contributed by atoms with E-state index in [0.29, 0.717) is 13.1 Å². The van der Waals surface area contributed by atoms with Crippen LogP contribution in [0, 0.1) is 0 Å². The average molecular weight is 115 g/mol. The molecule has 0 saturated carbocycles. The van der Waals surface area contributed by atoms with Gasteiger partial charge in [0.05, 0.1) is 0 Å². The molecule has 0 aromatic carbocycles. The van der Waals surface area contributed by atoms with Gasteiger partial charge in [-0.1, -0.05) is 0 Å². The molecule has 0 aliphatic rings. The number of hydrogen-bond acceptors (Lipinski definition) is 1. The normalized spacial score (nSPS) is 6.00. The van der Waals surface area contributed by atoms with Gasteiger partial charge in [0.25, 0.3) is 0 Å². The molecule has 3 N–H and O–H groups in total. The van der Waals surface area contributed by atoms with Gasteiger partial charge in [-0.05, 0) is 6.54 Å². The molecule has 0 atom stereocenters. The minimum atomic E-state index is 0. The van der Waals surface area contributed by atoms with Crippen molar-refractivity contribution in [3.05, 3.63) is 5.73 Å². The Balaban J connectivity index is 0. The standard InChI is InChI=1S/C2H7N2.Fe/c3-1-2-4;/h3H,1-2,4H2;/q-1;. The first kappa shape index (κ1) is 9.06. The summed E-state index contributed by atoms with van der Waals surface area (Å²) in [7, 11) is 0. The summed E-state index contributed by atoms with van der Waals surface area (Å²) in [6.07, 6.45) is 0. The number of rotatable bonds is 1. The number of nitrogens with one attached hydrogen (secondary N) is 1.